The van der Waals surface area contributed by atoms with E-state index in [1.807, 2.05) is 6.92 Å². The van der Waals surface area contributed by atoms with Crippen LogP contribution < -0.4 is 14.2 Å². The van der Waals surface area contributed by atoms with Crippen molar-refractivity contribution in [3.05, 3.63) is 82.2 Å². The van der Waals surface area contributed by atoms with Crippen LogP contribution in [0.5, 0.6) is 17.2 Å². The van der Waals surface area contributed by atoms with Crippen molar-refractivity contribution in [2.75, 3.05) is 13.7 Å². The van der Waals surface area contributed by atoms with Gasteiger partial charge >= 0.3 is 5.97 Å². The number of azo groups is 1. The van der Waals surface area contributed by atoms with E-state index in [0.29, 0.717) is 23.8 Å². The van der Waals surface area contributed by atoms with Gasteiger partial charge in [-0.25, -0.2) is 9.18 Å². The second-order valence-corrected chi connectivity index (χ2v) is 6.69. The number of non-ortho nitro benzene ring substituents is 1. The molecule has 0 radical (unpaired) electrons. The highest BCUT2D eigenvalue weighted by Crippen LogP contribution is 2.29. The van der Waals surface area contributed by atoms with Crippen LogP contribution in [0.2, 0.25) is 0 Å². The molecule has 0 unspecified atom stereocenters. The quantitative estimate of drug-likeness (QED) is 0.126. The van der Waals surface area contributed by atoms with Gasteiger partial charge < -0.3 is 14.2 Å². The van der Waals surface area contributed by atoms with Crippen LogP contribution in [0.25, 0.3) is 0 Å². The van der Waals surface area contributed by atoms with Gasteiger partial charge in [0.25, 0.3) is 5.69 Å². The number of methoxy groups -OCH3 is 1. The Morgan fingerprint density at radius 2 is 1.76 bits per heavy atom. The van der Waals surface area contributed by atoms with Crippen molar-refractivity contribution in [3.8, 4) is 17.2 Å². The fourth-order valence-electron chi connectivity index (χ4n) is 2.68. The van der Waals surface area contributed by atoms with E-state index >= 15 is 0 Å². The van der Waals surface area contributed by atoms with Gasteiger partial charge in [0.2, 0.25) is 0 Å². The van der Waals surface area contributed by atoms with E-state index in [0.717, 1.165) is 12.5 Å². The lowest BCUT2D eigenvalue weighted by Crippen LogP contribution is -2.11. The maximum absolute atomic E-state index is 14.4. The molecule has 3 rings (SSSR count). The number of hydrogen-bond donors (Lipinski definition) is 0. The molecule has 0 fully saturated rings. The molecule has 0 N–H and O–H groups in total. The summed E-state index contributed by atoms with van der Waals surface area (Å²) in [6.07, 6.45) is 0.743. The lowest BCUT2D eigenvalue weighted by atomic mass is 10.2. The first-order valence-electron chi connectivity index (χ1n) is 9.90. The van der Waals surface area contributed by atoms with Crippen LogP contribution in [0.4, 0.5) is 21.5 Å². The highest BCUT2D eigenvalue weighted by atomic mass is 19.1. The molecule has 3 aromatic carbocycles. The number of carbonyl (C=O) groups is 1. The summed E-state index contributed by atoms with van der Waals surface area (Å²) in [5, 5.41) is 18.3. The smallest absolute Gasteiger partial charge is 0.347 e. The largest absolute Gasteiger partial charge is 0.497 e. The number of halogens is 1. The standard InChI is InChI=1S/C23H20FN3O6/c1-3-12-32-22-14-17(31-2)8-10-19(22)23(28)33-18-9-11-21(20(24)13-18)26-25-15-4-6-16(7-5-15)27(29)30/h4-11,13-14H,3,12H2,1-2H3. The number of hydrogen-bond acceptors (Lipinski definition) is 8. The molecule has 0 atom stereocenters. The molecule has 0 aromatic heterocycles. The van der Waals surface area contributed by atoms with E-state index in [9.17, 15) is 19.3 Å². The number of esters is 1. The molecule has 0 bridgehead atoms. The van der Waals surface area contributed by atoms with E-state index in [1.165, 1.54) is 49.6 Å². The minimum atomic E-state index is -0.761. The summed E-state index contributed by atoms with van der Waals surface area (Å²) in [5.74, 6) is -0.683. The van der Waals surface area contributed by atoms with Gasteiger partial charge in [-0.05, 0) is 42.8 Å². The summed E-state index contributed by atoms with van der Waals surface area (Å²) >= 11 is 0. The predicted octanol–water partition coefficient (Wildman–Crippen LogP) is 6.17. The van der Waals surface area contributed by atoms with Gasteiger partial charge in [-0.15, -0.1) is 5.11 Å². The fourth-order valence-corrected chi connectivity index (χ4v) is 2.68. The Morgan fingerprint density at radius 1 is 1.03 bits per heavy atom. The maximum Gasteiger partial charge on any atom is 0.347 e. The number of nitrogens with zero attached hydrogens (tertiary/aromatic N) is 3. The highest BCUT2D eigenvalue weighted by molar-refractivity contribution is 5.94. The van der Waals surface area contributed by atoms with Crippen molar-refractivity contribution in [2.45, 2.75) is 13.3 Å². The lowest BCUT2D eigenvalue weighted by molar-refractivity contribution is -0.384. The van der Waals surface area contributed by atoms with Crippen LogP contribution in [0.1, 0.15) is 23.7 Å². The van der Waals surface area contributed by atoms with E-state index in [2.05, 4.69) is 10.2 Å². The molecule has 0 aliphatic carbocycles. The fraction of sp³-hybridized carbons (Fsp3) is 0.174. The molecule has 0 saturated carbocycles. The number of carbonyl (C=O) groups excluding carboxylic acids is 1. The first-order valence-corrected chi connectivity index (χ1v) is 9.90. The number of nitro groups is 1. The Hall–Kier alpha value is -4.34. The molecule has 10 heteroatoms. The molecule has 0 saturated heterocycles. The van der Waals surface area contributed by atoms with Gasteiger partial charge in [0, 0.05) is 24.3 Å². The molecular weight excluding hydrogens is 433 g/mol. The van der Waals surface area contributed by atoms with Gasteiger partial charge in [-0.3, -0.25) is 10.1 Å². The van der Waals surface area contributed by atoms with Crippen molar-refractivity contribution in [3.63, 3.8) is 0 Å². The Kier molecular flexibility index (Phi) is 7.64. The third-order valence-corrected chi connectivity index (χ3v) is 4.33. The van der Waals surface area contributed by atoms with Crippen LogP contribution in [0, 0.1) is 15.9 Å². The first kappa shape index (κ1) is 23.3. The van der Waals surface area contributed by atoms with Crippen LogP contribution >= 0.6 is 0 Å². The summed E-state index contributed by atoms with van der Waals surface area (Å²) in [5.41, 5.74) is 0.303. The van der Waals surface area contributed by atoms with E-state index in [4.69, 9.17) is 14.2 Å². The second kappa shape index (κ2) is 10.8. The Labute approximate surface area is 188 Å². The molecule has 0 amide bonds. The average molecular weight is 453 g/mol. The van der Waals surface area contributed by atoms with Crippen LogP contribution in [-0.4, -0.2) is 24.6 Å². The number of nitro benzene ring substituents is 1. The molecular formula is C23H20FN3O6. The van der Waals surface area contributed by atoms with Gasteiger partial charge in [-0.1, -0.05) is 6.92 Å². The summed E-state index contributed by atoms with van der Waals surface area (Å²) in [7, 11) is 1.50. The van der Waals surface area contributed by atoms with Crippen LogP contribution in [0.15, 0.2) is 70.9 Å². The van der Waals surface area contributed by atoms with Crippen molar-refractivity contribution < 1.29 is 28.3 Å². The van der Waals surface area contributed by atoms with Crippen molar-refractivity contribution in [1.29, 1.82) is 0 Å². The predicted molar refractivity (Wildman–Crippen MR) is 117 cm³/mol. The molecule has 9 nitrogen and oxygen atoms in total. The molecule has 0 aliphatic rings. The molecule has 170 valence electrons. The Bertz CT molecular complexity index is 1180. The molecule has 0 heterocycles. The van der Waals surface area contributed by atoms with Gasteiger partial charge in [0.15, 0.2) is 5.82 Å². The normalized spacial score (nSPS) is 10.8. The van der Waals surface area contributed by atoms with Crippen molar-refractivity contribution >= 4 is 23.0 Å². The van der Waals surface area contributed by atoms with Crippen molar-refractivity contribution in [1.82, 2.24) is 0 Å². The first-order chi connectivity index (χ1) is 15.9. The SMILES string of the molecule is CCCOc1cc(OC)ccc1C(=O)Oc1ccc(N=Nc2ccc([N+](=O)[O-])cc2)c(F)c1. The van der Waals surface area contributed by atoms with Gasteiger partial charge in [-0.2, -0.15) is 5.11 Å². The topological polar surface area (TPSA) is 113 Å². The monoisotopic (exact) mass is 453 g/mol. The lowest BCUT2D eigenvalue weighted by Gasteiger charge is -2.12. The summed E-state index contributed by atoms with van der Waals surface area (Å²) in [6, 6.07) is 13.7. The third-order valence-electron chi connectivity index (χ3n) is 4.33. The second-order valence-electron chi connectivity index (χ2n) is 6.69. The summed E-state index contributed by atoms with van der Waals surface area (Å²) in [4.78, 5) is 22.8. The third kappa shape index (κ3) is 6.10. The number of rotatable bonds is 9. The zero-order valence-corrected chi connectivity index (χ0v) is 17.9. The highest BCUT2D eigenvalue weighted by Gasteiger charge is 2.17. The van der Waals surface area contributed by atoms with Crippen molar-refractivity contribution in [2.24, 2.45) is 10.2 Å². The van der Waals surface area contributed by atoms with Crippen LogP contribution in [0.3, 0.4) is 0 Å². The number of ether oxygens (including phenoxy) is 3. The van der Waals surface area contributed by atoms with E-state index in [-0.39, 0.29) is 22.7 Å². The average Bonchev–Trinajstić information content (AvgIpc) is 2.82. The van der Waals surface area contributed by atoms with E-state index in [1.54, 1.807) is 12.1 Å². The van der Waals surface area contributed by atoms with Crippen LogP contribution in [-0.2, 0) is 0 Å². The maximum atomic E-state index is 14.4. The zero-order valence-electron chi connectivity index (χ0n) is 17.9. The Morgan fingerprint density at radius 3 is 2.39 bits per heavy atom. The Balaban J connectivity index is 1.73. The number of benzene rings is 3. The van der Waals surface area contributed by atoms with Gasteiger partial charge in [0.05, 0.1) is 24.3 Å². The van der Waals surface area contributed by atoms with Gasteiger partial charge in [0.1, 0.15) is 28.5 Å². The minimum Gasteiger partial charge on any atom is -0.497 e. The van der Waals surface area contributed by atoms with E-state index < -0.39 is 16.7 Å². The summed E-state index contributed by atoms with van der Waals surface area (Å²) < 4.78 is 30.5. The zero-order chi connectivity index (χ0) is 23.8. The molecule has 3 aromatic rings. The molecule has 0 aliphatic heterocycles. The summed E-state index contributed by atoms with van der Waals surface area (Å²) in [6.45, 7) is 2.33. The minimum absolute atomic E-state index is 0.0240. The molecule has 33 heavy (non-hydrogen) atoms. The molecule has 0 spiro atoms.